The second kappa shape index (κ2) is 6.69. The molecule has 0 radical (unpaired) electrons. The van der Waals surface area contributed by atoms with E-state index in [1.54, 1.807) is 19.1 Å². The van der Waals surface area contributed by atoms with Gasteiger partial charge in [0.15, 0.2) is 0 Å². The molecule has 1 rings (SSSR count). The van der Waals surface area contributed by atoms with E-state index in [-0.39, 0.29) is 11.1 Å². The summed E-state index contributed by atoms with van der Waals surface area (Å²) >= 11 is 0. The molecule has 6 nitrogen and oxygen atoms in total. The summed E-state index contributed by atoms with van der Waals surface area (Å²) in [6.07, 6.45) is 0. The van der Waals surface area contributed by atoms with Crippen LogP contribution < -0.4 is 5.32 Å². The molecule has 0 heterocycles. The van der Waals surface area contributed by atoms with Gasteiger partial charge in [0.1, 0.15) is 0 Å². The van der Waals surface area contributed by atoms with Crippen molar-refractivity contribution in [3.8, 4) is 0 Å². The van der Waals surface area contributed by atoms with Crippen molar-refractivity contribution in [3.05, 3.63) is 40.5 Å². The Morgan fingerprint density at radius 2 is 1.76 bits per heavy atom. The van der Waals surface area contributed by atoms with Crippen molar-refractivity contribution in [2.24, 2.45) is 0 Å². The molecule has 0 aromatic heterocycles. The van der Waals surface area contributed by atoms with Crippen LogP contribution in [0.15, 0.2) is 29.3 Å². The summed E-state index contributed by atoms with van der Waals surface area (Å²) in [7, 11) is 1.29. The summed E-state index contributed by atoms with van der Waals surface area (Å²) in [6.45, 7) is 4.53. The molecule has 1 amide bonds. The van der Waals surface area contributed by atoms with Gasteiger partial charge in [-0.15, -0.1) is 0 Å². The molecule has 6 heteroatoms. The van der Waals surface area contributed by atoms with Gasteiger partial charge in [-0.1, -0.05) is 0 Å². The number of nitrogens with one attached hydrogen (secondary N) is 1. The van der Waals surface area contributed by atoms with Gasteiger partial charge >= 0.3 is 11.9 Å². The highest BCUT2D eigenvalue weighted by Crippen LogP contribution is 2.18. The molecule has 0 saturated heterocycles. The van der Waals surface area contributed by atoms with Crippen LogP contribution in [0, 0.1) is 6.92 Å². The fourth-order valence-corrected chi connectivity index (χ4v) is 1.60. The first kappa shape index (κ1) is 16.4. The van der Waals surface area contributed by atoms with Crippen molar-refractivity contribution in [1.29, 1.82) is 0 Å². The third-order valence-electron chi connectivity index (χ3n) is 3.12. The van der Waals surface area contributed by atoms with Gasteiger partial charge in [0.25, 0.3) is 5.91 Å². The molecule has 0 spiro atoms. The maximum Gasteiger partial charge on any atom is 0.337 e. The Morgan fingerprint density at radius 3 is 2.24 bits per heavy atom. The van der Waals surface area contributed by atoms with Crippen LogP contribution in [0.1, 0.15) is 29.8 Å². The van der Waals surface area contributed by atoms with E-state index >= 15 is 0 Å². The molecule has 1 aromatic carbocycles. The van der Waals surface area contributed by atoms with Crippen LogP contribution in [0.4, 0.5) is 5.69 Å². The molecule has 0 aliphatic rings. The number of aliphatic carboxylic acids is 1. The lowest BCUT2D eigenvalue weighted by Crippen LogP contribution is -2.17. The number of amides is 1. The van der Waals surface area contributed by atoms with Gasteiger partial charge < -0.3 is 15.2 Å². The quantitative estimate of drug-likeness (QED) is 0.655. The van der Waals surface area contributed by atoms with Crippen LogP contribution in [0.2, 0.25) is 0 Å². The normalized spacial score (nSPS) is 11.4. The number of esters is 1. The van der Waals surface area contributed by atoms with Crippen LogP contribution in [0.3, 0.4) is 0 Å². The maximum atomic E-state index is 12.0. The summed E-state index contributed by atoms with van der Waals surface area (Å²) < 4.78 is 4.61. The summed E-state index contributed by atoms with van der Waals surface area (Å²) in [5.41, 5.74) is 1.66. The number of methoxy groups -OCH3 is 1. The minimum atomic E-state index is -1.14. The number of anilines is 1. The van der Waals surface area contributed by atoms with Crippen LogP contribution >= 0.6 is 0 Å². The summed E-state index contributed by atoms with van der Waals surface area (Å²) in [5, 5.41) is 11.5. The van der Waals surface area contributed by atoms with E-state index in [4.69, 9.17) is 5.11 Å². The van der Waals surface area contributed by atoms with Gasteiger partial charge in [-0.05, 0) is 44.5 Å². The highest BCUT2D eigenvalue weighted by Gasteiger charge is 2.14. The molecule has 0 aliphatic heterocycles. The topological polar surface area (TPSA) is 92.7 Å². The first-order valence-electron chi connectivity index (χ1n) is 6.19. The number of ether oxygens (including phenoxy) is 1. The molecule has 0 saturated carbocycles. The Labute approximate surface area is 122 Å². The van der Waals surface area contributed by atoms with Crippen LogP contribution in [0.5, 0.6) is 0 Å². The van der Waals surface area contributed by atoms with Gasteiger partial charge in [-0.3, -0.25) is 4.79 Å². The molecule has 0 bridgehead atoms. The molecule has 0 unspecified atom stereocenters. The zero-order valence-corrected chi connectivity index (χ0v) is 12.3. The van der Waals surface area contributed by atoms with E-state index in [0.29, 0.717) is 16.8 Å². The van der Waals surface area contributed by atoms with E-state index < -0.39 is 17.8 Å². The molecule has 0 fully saturated rings. The fourth-order valence-electron chi connectivity index (χ4n) is 1.60. The lowest BCUT2D eigenvalue weighted by molar-refractivity contribution is -0.133. The summed E-state index contributed by atoms with van der Waals surface area (Å²) in [6, 6.07) is 4.69. The number of rotatable bonds is 4. The average Bonchev–Trinajstić information content (AvgIpc) is 2.46. The second-order valence-corrected chi connectivity index (χ2v) is 4.53. The average molecular weight is 291 g/mol. The minimum absolute atomic E-state index is 0.0173. The third-order valence-corrected chi connectivity index (χ3v) is 3.12. The Morgan fingerprint density at radius 1 is 1.14 bits per heavy atom. The number of hydrogen-bond acceptors (Lipinski definition) is 4. The van der Waals surface area contributed by atoms with Crippen LogP contribution in [-0.2, 0) is 14.3 Å². The van der Waals surface area contributed by atoms with E-state index in [9.17, 15) is 14.4 Å². The zero-order valence-electron chi connectivity index (χ0n) is 12.3. The Hall–Kier alpha value is -2.63. The summed E-state index contributed by atoms with van der Waals surface area (Å²) in [4.78, 5) is 34.2. The maximum absolute atomic E-state index is 12.0. The Kier molecular flexibility index (Phi) is 5.24. The van der Waals surface area contributed by atoms with Crippen LogP contribution in [0.25, 0.3) is 0 Å². The van der Waals surface area contributed by atoms with Crippen molar-refractivity contribution < 1.29 is 24.2 Å². The lowest BCUT2D eigenvalue weighted by atomic mass is 10.1. The smallest absolute Gasteiger partial charge is 0.337 e. The van der Waals surface area contributed by atoms with Gasteiger partial charge in [-0.25, -0.2) is 9.59 Å². The van der Waals surface area contributed by atoms with Gasteiger partial charge in [0.05, 0.1) is 12.7 Å². The van der Waals surface area contributed by atoms with Crippen molar-refractivity contribution in [2.45, 2.75) is 20.8 Å². The second-order valence-electron chi connectivity index (χ2n) is 4.53. The van der Waals surface area contributed by atoms with Crippen molar-refractivity contribution >= 4 is 23.5 Å². The van der Waals surface area contributed by atoms with Crippen molar-refractivity contribution in [3.63, 3.8) is 0 Å². The van der Waals surface area contributed by atoms with E-state index in [1.807, 2.05) is 0 Å². The number of carboxylic acid groups (broad SMARTS) is 1. The number of carboxylic acids is 1. The van der Waals surface area contributed by atoms with Crippen molar-refractivity contribution in [1.82, 2.24) is 0 Å². The molecular weight excluding hydrogens is 274 g/mol. The number of aryl methyl sites for hydroxylation is 1. The zero-order chi connectivity index (χ0) is 16.2. The molecule has 0 atom stereocenters. The SMILES string of the molecule is COC(=O)c1ccc(NC(=O)C(C)=C(C)C(=O)O)c(C)c1. The predicted octanol–water partition coefficient (Wildman–Crippen LogP) is 2.14. The first-order valence-corrected chi connectivity index (χ1v) is 6.19. The Balaban J connectivity index is 2.99. The predicted molar refractivity (Wildman–Crippen MR) is 77.2 cm³/mol. The molecule has 2 N–H and O–H groups in total. The molecule has 21 heavy (non-hydrogen) atoms. The van der Waals surface area contributed by atoms with Gasteiger partial charge in [0.2, 0.25) is 0 Å². The highest BCUT2D eigenvalue weighted by molar-refractivity contribution is 6.08. The monoisotopic (exact) mass is 291 g/mol. The summed E-state index contributed by atoms with van der Waals surface area (Å²) in [5.74, 6) is -2.10. The first-order chi connectivity index (χ1) is 9.77. The fraction of sp³-hybridized carbons (Fsp3) is 0.267. The third kappa shape index (κ3) is 3.92. The van der Waals surface area contributed by atoms with E-state index in [1.165, 1.54) is 27.0 Å². The molecule has 0 aliphatic carbocycles. The number of benzene rings is 1. The highest BCUT2D eigenvalue weighted by atomic mass is 16.5. The standard InChI is InChI=1S/C15H17NO5/c1-8-7-11(15(20)21-4)5-6-12(8)16-13(17)9(2)10(3)14(18)19/h5-7H,1-4H3,(H,16,17)(H,18,19). The number of carbonyl (C=O) groups is 3. The lowest BCUT2D eigenvalue weighted by Gasteiger charge is -2.10. The molecule has 112 valence electrons. The number of hydrogen-bond donors (Lipinski definition) is 2. The van der Waals surface area contributed by atoms with E-state index in [2.05, 4.69) is 10.1 Å². The van der Waals surface area contributed by atoms with Gasteiger partial charge in [-0.2, -0.15) is 0 Å². The van der Waals surface area contributed by atoms with Crippen LogP contribution in [-0.4, -0.2) is 30.1 Å². The van der Waals surface area contributed by atoms with Crippen molar-refractivity contribution in [2.75, 3.05) is 12.4 Å². The molecule has 1 aromatic rings. The van der Waals surface area contributed by atoms with E-state index in [0.717, 1.165) is 0 Å². The molecular formula is C15H17NO5. The largest absolute Gasteiger partial charge is 0.478 e. The van der Waals surface area contributed by atoms with Gasteiger partial charge in [0, 0.05) is 16.8 Å². The Bertz CT molecular complexity index is 631. The minimum Gasteiger partial charge on any atom is -0.478 e. The number of carbonyl (C=O) groups excluding carboxylic acids is 2.